The van der Waals surface area contributed by atoms with Gasteiger partial charge in [0.2, 0.25) is 0 Å². The zero-order chi connectivity index (χ0) is 20.1. The number of ether oxygens (including phenoxy) is 2. The molecule has 0 aliphatic heterocycles. The van der Waals surface area contributed by atoms with E-state index in [0.29, 0.717) is 11.1 Å². The predicted octanol–water partition coefficient (Wildman–Crippen LogP) is 5.28. The predicted molar refractivity (Wildman–Crippen MR) is 106 cm³/mol. The lowest BCUT2D eigenvalue weighted by atomic mass is 9.76. The van der Waals surface area contributed by atoms with Gasteiger partial charge in [-0.3, -0.25) is 0 Å². The quantitative estimate of drug-likeness (QED) is 0.624. The van der Waals surface area contributed by atoms with Crippen molar-refractivity contribution < 1.29 is 19.1 Å². The second-order valence-electron chi connectivity index (χ2n) is 7.44. The van der Waals surface area contributed by atoms with Crippen LogP contribution in [-0.4, -0.2) is 23.1 Å². The van der Waals surface area contributed by atoms with Crippen LogP contribution in [0.15, 0.2) is 60.7 Å². The maximum absolute atomic E-state index is 12.7. The molecular formula is C23H28O4. The Morgan fingerprint density at radius 1 is 0.815 bits per heavy atom. The Hall–Kier alpha value is -2.62. The molecule has 0 aliphatic carbocycles. The van der Waals surface area contributed by atoms with E-state index in [1.807, 2.05) is 32.9 Å². The van der Waals surface area contributed by atoms with Crippen molar-refractivity contribution in [2.45, 2.75) is 52.2 Å². The molecule has 0 aromatic heterocycles. The van der Waals surface area contributed by atoms with Crippen molar-refractivity contribution in [1.29, 1.82) is 0 Å². The highest BCUT2D eigenvalue weighted by Gasteiger charge is 2.51. The van der Waals surface area contributed by atoms with E-state index in [9.17, 15) is 9.59 Å². The van der Waals surface area contributed by atoms with Gasteiger partial charge in [-0.25, -0.2) is 9.59 Å². The van der Waals surface area contributed by atoms with Gasteiger partial charge in [0.1, 0.15) is 5.60 Å². The fourth-order valence-electron chi connectivity index (χ4n) is 3.00. The van der Waals surface area contributed by atoms with Crippen LogP contribution in [-0.2, 0) is 9.47 Å². The van der Waals surface area contributed by atoms with E-state index in [0.717, 1.165) is 6.42 Å². The molecule has 0 fully saturated rings. The van der Waals surface area contributed by atoms with Gasteiger partial charge in [-0.05, 0) is 57.4 Å². The smallest absolute Gasteiger partial charge is 0.338 e. The topological polar surface area (TPSA) is 52.6 Å². The van der Waals surface area contributed by atoms with E-state index in [4.69, 9.17) is 9.47 Å². The average Bonchev–Trinajstić information content (AvgIpc) is 2.68. The van der Waals surface area contributed by atoms with Gasteiger partial charge < -0.3 is 9.47 Å². The van der Waals surface area contributed by atoms with Crippen molar-refractivity contribution in [2.75, 3.05) is 0 Å². The summed E-state index contributed by atoms with van der Waals surface area (Å²) in [6, 6.07) is 17.7. The summed E-state index contributed by atoms with van der Waals surface area (Å²) < 4.78 is 11.8. The van der Waals surface area contributed by atoms with Crippen LogP contribution in [0.2, 0.25) is 0 Å². The minimum atomic E-state index is -1.03. The fourth-order valence-corrected chi connectivity index (χ4v) is 3.00. The van der Waals surface area contributed by atoms with Gasteiger partial charge in [-0.1, -0.05) is 50.2 Å². The van der Waals surface area contributed by atoms with Gasteiger partial charge in [0.15, 0.2) is 5.60 Å². The van der Waals surface area contributed by atoms with E-state index in [1.54, 1.807) is 62.4 Å². The summed E-state index contributed by atoms with van der Waals surface area (Å²) in [7, 11) is 0. The second kappa shape index (κ2) is 8.38. The van der Waals surface area contributed by atoms with Crippen LogP contribution >= 0.6 is 0 Å². The molecule has 0 spiro atoms. The molecule has 0 bridgehead atoms. The molecule has 0 aliphatic rings. The largest absolute Gasteiger partial charge is 0.452 e. The summed E-state index contributed by atoms with van der Waals surface area (Å²) in [5, 5.41) is 0. The minimum absolute atomic E-state index is 0.0243. The Bertz CT molecular complexity index is 767. The second-order valence-corrected chi connectivity index (χ2v) is 7.44. The van der Waals surface area contributed by atoms with Crippen molar-refractivity contribution in [1.82, 2.24) is 0 Å². The summed E-state index contributed by atoms with van der Waals surface area (Å²) in [6.45, 7) is 9.43. The van der Waals surface area contributed by atoms with Gasteiger partial charge >= 0.3 is 11.9 Å². The first-order chi connectivity index (χ1) is 12.7. The molecule has 2 aromatic rings. The third kappa shape index (κ3) is 4.57. The number of benzene rings is 2. The molecule has 144 valence electrons. The molecule has 0 saturated carbocycles. The van der Waals surface area contributed by atoms with E-state index >= 15 is 0 Å². The van der Waals surface area contributed by atoms with Crippen LogP contribution in [0.4, 0.5) is 0 Å². The maximum Gasteiger partial charge on any atom is 0.338 e. The number of hydrogen-bond donors (Lipinski definition) is 0. The van der Waals surface area contributed by atoms with Gasteiger partial charge in [-0.15, -0.1) is 0 Å². The zero-order valence-electron chi connectivity index (χ0n) is 16.7. The molecule has 0 heterocycles. The zero-order valence-corrected chi connectivity index (χ0v) is 16.7. The third-order valence-corrected chi connectivity index (χ3v) is 5.42. The molecule has 0 radical (unpaired) electrons. The van der Waals surface area contributed by atoms with Crippen LogP contribution in [0.5, 0.6) is 0 Å². The van der Waals surface area contributed by atoms with Crippen LogP contribution in [0, 0.1) is 5.92 Å². The average molecular weight is 368 g/mol. The number of esters is 2. The lowest BCUT2D eigenvalue weighted by molar-refractivity contribution is -0.157. The number of rotatable bonds is 7. The van der Waals surface area contributed by atoms with E-state index in [1.165, 1.54) is 0 Å². The molecular weight excluding hydrogens is 340 g/mol. The van der Waals surface area contributed by atoms with Crippen molar-refractivity contribution in [3.63, 3.8) is 0 Å². The number of hydrogen-bond acceptors (Lipinski definition) is 4. The molecule has 0 amide bonds. The number of carbonyl (C=O) groups excluding carboxylic acids is 2. The Morgan fingerprint density at radius 2 is 1.22 bits per heavy atom. The molecule has 2 rings (SSSR count). The number of carbonyl (C=O) groups is 2. The van der Waals surface area contributed by atoms with Gasteiger partial charge in [0.25, 0.3) is 0 Å². The normalized spacial score (nSPS) is 14.7. The molecule has 2 unspecified atom stereocenters. The maximum atomic E-state index is 12.7. The van der Waals surface area contributed by atoms with Crippen molar-refractivity contribution in [2.24, 2.45) is 5.92 Å². The first-order valence-electron chi connectivity index (χ1n) is 9.28. The highest BCUT2D eigenvalue weighted by molar-refractivity contribution is 5.90. The van der Waals surface area contributed by atoms with Crippen molar-refractivity contribution >= 4 is 11.9 Å². The van der Waals surface area contributed by atoms with E-state index < -0.39 is 23.1 Å². The fraction of sp³-hybridized carbons (Fsp3) is 0.391. The Labute approximate surface area is 161 Å². The molecule has 4 nitrogen and oxygen atoms in total. The summed E-state index contributed by atoms with van der Waals surface area (Å²) in [5.74, 6) is -0.892. The Morgan fingerprint density at radius 3 is 1.63 bits per heavy atom. The molecule has 0 N–H and O–H groups in total. The molecule has 0 saturated heterocycles. The van der Waals surface area contributed by atoms with E-state index in [2.05, 4.69) is 0 Å². The van der Waals surface area contributed by atoms with Crippen LogP contribution < -0.4 is 0 Å². The first kappa shape index (κ1) is 20.7. The Kier molecular flexibility index (Phi) is 6.42. The van der Waals surface area contributed by atoms with Gasteiger partial charge in [-0.2, -0.15) is 0 Å². The molecule has 2 aromatic carbocycles. The van der Waals surface area contributed by atoms with Crippen molar-refractivity contribution in [3.8, 4) is 0 Å². The molecule has 27 heavy (non-hydrogen) atoms. The summed E-state index contributed by atoms with van der Waals surface area (Å²) in [4.78, 5) is 25.3. The van der Waals surface area contributed by atoms with Gasteiger partial charge in [0.05, 0.1) is 11.1 Å². The van der Waals surface area contributed by atoms with Crippen LogP contribution in [0.1, 0.15) is 61.8 Å². The SMILES string of the molecule is CCC(C)C(C)(OC(=O)c1ccccc1)C(C)(C)OC(=O)c1ccccc1. The lowest BCUT2D eigenvalue weighted by Gasteiger charge is -2.46. The lowest BCUT2D eigenvalue weighted by Crippen LogP contribution is -2.57. The standard InChI is InChI=1S/C23H28O4/c1-6-17(2)23(5,27-21(25)19-15-11-8-12-16-19)22(3,4)26-20(24)18-13-9-7-10-14-18/h7-17H,6H2,1-5H3. The molecule has 2 atom stereocenters. The molecule has 4 heteroatoms. The summed E-state index contributed by atoms with van der Waals surface area (Å²) >= 11 is 0. The minimum Gasteiger partial charge on any atom is -0.452 e. The first-order valence-corrected chi connectivity index (χ1v) is 9.28. The Balaban J connectivity index is 2.29. The van der Waals surface area contributed by atoms with Crippen LogP contribution in [0.25, 0.3) is 0 Å². The third-order valence-electron chi connectivity index (χ3n) is 5.42. The monoisotopic (exact) mass is 368 g/mol. The highest BCUT2D eigenvalue weighted by Crippen LogP contribution is 2.39. The van der Waals surface area contributed by atoms with Crippen LogP contribution in [0.3, 0.4) is 0 Å². The summed E-state index contributed by atoms with van der Waals surface area (Å²) in [6.07, 6.45) is 0.769. The van der Waals surface area contributed by atoms with E-state index in [-0.39, 0.29) is 5.92 Å². The van der Waals surface area contributed by atoms with Gasteiger partial charge in [0, 0.05) is 0 Å². The highest BCUT2D eigenvalue weighted by atomic mass is 16.6. The summed E-state index contributed by atoms with van der Waals surface area (Å²) in [5.41, 5.74) is -1.09. The van der Waals surface area contributed by atoms with Crippen molar-refractivity contribution in [3.05, 3.63) is 71.8 Å².